The second-order valence-electron chi connectivity index (χ2n) is 7.42. The predicted octanol–water partition coefficient (Wildman–Crippen LogP) is 3.19. The number of hydrogen-bond acceptors (Lipinski definition) is 7. The summed E-state index contributed by atoms with van der Waals surface area (Å²) in [6, 6.07) is 15.3. The molecule has 0 saturated carbocycles. The number of nitrogen functional groups attached to an aromatic ring is 1. The van der Waals surface area contributed by atoms with Gasteiger partial charge in [-0.2, -0.15) is 8.42 Å². The van der Waals surface area contributed by atoms with Crippen LogP contribution in [0.3, 0.4) is 0 Å². The van der Waals surface area contributed by atoms with E-state index in [9.17, 15) is 17.4 Å². The van der Waals surface area contributed by atoms with Crippen molar-refractivity contribution in [1.29, 1.82) is 0 Å². The van der Waals surface area contributed by atoms with Gasteiger partial charge in [0.15, 0.2) is 0 Å². The zero-order valence-electron chi connectivity index (χ0n) is 20.1. The van der Waals surface area contributed by atoms with E-state index in [1.54, 1.807) is 42.5 Å². The minimum Gasteiger partial charge on any atom is -1.00 e. The molecule has 8 nitrogen and oxygen atoms in total. The van der Waals surface area contributed by atoms with Crippen molar-refractivity contribution in [3.8, 4) is 17.0 Å². The maximum atomic E-state index is 13.7. The Morgan fingerprint density at radius 1 is 1.09 bits per heavy atom. The van der Waals surface area contributed by atoms with Gasteiger partial charge in [-0.3, -0.25) is 9.54 Å². The Morgan fingerprint density at radius 3 is 2.49 bits per heavy atom. The first kappa shape index (κ1) is 26.7. The summed E-state index contributed by atoms with van der Waals surface area (Å²) in [7, 11) is -4.51. The molecular formula is C24H22FN4NaO4S. The molecule has 0 radical (unpaired) electrons. The third-order valence-corrected chi connectivity index (χ3v) is 5.90. The summed E-state index contributed by atoms with van der Waals surface area (Å²) in [5, 5.41) is 8.90. The van der Waals surface area contributed by atoms with Crippen LogP contribution in [0.25, 0.3) is 22.0 Å². The van der Waals surface area contributed by atoms with E-state index in [1.807, 2.05) is 6.92 Å². The van der Waals surface area contributed by atoms with E-state index in [1.165, 1.54) is 24.4 Å². The van der Waals surface area contributed by atoms with Crippen molar-refractivity contribution in [2.75, 3.05) is 12.3 Å². The standard InChI is InChI=1S/C24H21FN4O4S.Na.H/c1-2-11-33-22-12-15(25)7-9-19(22)20-10-8-16(14-27-20)28-29-21-13-23(34(30,31)32)17-5-3-4-6-18(17)24(21)26;;/h3-10,12-14H,2,11,26H2,1H3,(H,30,31,32);;/q;+1;-1. The van der Waals surface area contributed by atoms with Gasteiger partial charge in [0.05, 0.1) is 24.2 Å². The third-order valence-electron chi connectivity index (χ3n) is 5.01. The molecule has 0 spiro atoms. The molecule has 0 bridgehead atoms. The fourth-order valence-electron chi connectivity index (χ4n) is 3.40. The van der Waals surface area contributed by atoms with Crippen LogP contribution >= 0.6 is 0 Å². The molecular weight excluding hydrogens is 482 g/mol. The molecule has 0 aliphatic heterocycles. The van der Waals surface area contributed by atoms with Gasteiger partial charge in [-0.05, 0) is 36.8 Å². The second kappa shape index (κ2) is 11.2. The van der Waals surface area contributed by atoms with Crippen LogP contribution in [0.2, 0.25) is 0 Å². The van der Waals surface area contributed by atoms with Crippen LogP contribution in [0.1, 0.15) is 14.8 Å². The van der Waals surface area contributed by atoms with E-state index in [-0.39, 0.29) is 52.6 Å². The summed E-state index contributed by atoms with van der Waals surface area (Å²) in [6.45, 7) is 2.40. The smallest absolute Gasteiger partial charge is 1.00 e. The minimum absolute atomic E-state index is 0. The molecule has 0 amide bonds. The first-order valence-corrected chi connectivity index (χ1v) is 11.8. The van der Waals surface area contributed by atoms with Gasteiger partial charge in [-0.25, -0.2) is 4.39 Å². The number of nitrogens with zero attached hydrogens (tertiary/aromatic N) is 3. The number of hydrogen-bond donors (Lipinski definition) is 2. The average Bonchev–Trinajstić information content (AvgIpc) is 2.82. The molecule has 35 heavy (non-hydrogen) atoms. The van der Waals surface area contributed by atoms with Gasteiger partial charge in [-0.1, -0.05) is 31.2 Å². The molecule has 4 rings (SSSR count). The fraction of sp³-hybridized carbons (Fsp3) is 0.125. The molecule has 0 aliphatic rings. The van der Waals surface area contributed by atoms with Crippen LogP contribution in [0.4, 0.5) is 21.5 Å². The molecule has 0 aliphatic carbocycles. The molecule has 0 atom stereocenters. The third kappa shape index (κ3) is 6.03. The summed E-state index contributed by atoms with van der Waals surface area (Å²) >= 11 is 0. The summed E-state index contributed by atoms with van der Waals surface area (Å²) in [5.41, 5.74) is 8.05. The van der Waals surface area contributed by atoms with Gasteiger partial charge in [0.2, 0.25) is 0 Å². The molecule has 3 N–H and O–H groups in total. The molecule has 11 heteroatoms. The van der Waals surface area contributed by atoms with E-state index in [4.69, 9.17) is 10.5 Å². The Morgan fingerprint density at radius 2 is 1.83 bits per heavy atom. The van der Waals surface area contributed by atoms with E-state index in [0.717, 1.165) is 6.42 Å². The van der Waals surface area contributed by atoms with Gasteiger partial charge in [0.25, 0.3) is 10.1 Å². The van der Waals surface area contributed by atoms with Gasteiger partial charge >= 0.3 is 29.6 Å². The average molecular weight is 505 g/mol. The first-order valence-electron chi connectivity index (χ1n) is 10.4. The molecule has 3 aromatic carbocycles. The molecule has 1 aromatic heterocycles. The normalized spacial score (nSPS) is 11.5. The first-order chi connectivity index (χ1) is 16.3. The van der Waals surface area contributed by atoms with Crippen molar-refractivity contribution in [2.24, 2.45) is 10.2 Å². The number of nitrogens with two attached hydrogens (primary N) is 1. The van der Waals surface area contributed by atoms with Gasteiger partial charge in [0.1, 0.15) is 27.8 Å². The zero-order chi connectivity index (χ0) is 24.3. The Bertz CT molecular complexity index is 1500. The van der Waals surface area contributed by atoms with Crippen LogP contribution in [0, 0.1) is 5.82 Å². The Hall–Kier alpha value is -2.89. The monoisotopic (exact) mass is 504 g/mol. The van der Waals surface area contributed by atoms with Gasteiger partial charge in [0, 0.05) is 22.4 Å². The summed E-state index contributed by atoms with van der Waals surface area (Å²) in [4.78, 5) is 4.06. The van der Waals surface area contributed by atoms with Gasteiger partial charge in [-0.15, -0.1) is 10.2 Å². The largest absolute Gasteiger partial charge is 1.00 e. The van der Waals surface area contributed by atoms with Crippen LogP contribution in [-0.4, -0.2) is 24.6 Å². The van der Waals surface area contributed by atoms with Crippen molar-refractivity contribution in [3.05, 3.63) is 72.7 Å². The van der Waals surface area contributed by atoms with Crippen molar-refractivity contribution in [1.82, 2.24) is 4.98 Å². The zero-order valence-corrected chi connectivity index (χ0v) is 22.0. The van der Waals surface area contributed by atoms with Crippen molar-refractivity contribution < 1.29 is 53.1 Å². The number of pyridine rings is 1. The van der Waals surface area contributed by atoms with Crippen LogP contribution in [0.5, 0.6) is 5.75 Å². The van der Waals surface area contributed by atoms with E-state index in [2.05, 4.69) is 15.2 Å². The summed E-state index contributed by atoms with van der Waals surface area (Å²) in [5.74, 6) is -0.0112. The Balaban J connectivity index is 0.00000228. The van der Waals surface area contributed by atoms with E-state index >= 15 is 0 Å². The molecule has 4 aromatic rings. The van der Waals surface area contributed by atoms with Crippen LogP contribution < -0.4 is 40.0 Å². The topological polar surface area (TPSA) is 127 Å². The summed E-state index contributed by atoms with van der Waals surface area (Å²) in [6.07, 6.45) is 2.24. The van der Waals surface area contributed by atoms with Crippen molar-refractivity contribution >= 4 is 38.0 Å². The number of halogens is 1. The molecule has 176 valence electrons. The number of benzene rings is 3. The SMILES string of the molecule is CCCOc1cc(F)ccc1-c1ccc(N=Nc2cc(S(=O)(=O)O)c3ccccc3c2N)cn1.[H-].[Na+]. The maximum absolute atomic E-state index is 13.7. The number of rotatable bonds is 7. The van der Waals surface area contributed by atoms with Crippen molar-refractivity contribution in [3.63, 3.8) is 0 Å². The number of azo groups is 1. The van der Waals surface area contributed by atoms with E-state index < -0.39 is 15.9 Å². The van der Waals surface area contributed by atoms with E-state index in [0.29, 0.717) is 34.7 Å². The van der Waals surface area contributed by atoms with Crippen molar-refractivity contribution in [2.45, 2.75) is 18.2 Å². The molecule has 0 fully saturated rings. The Labute approximate surface area is 225 Å². The molecule has 1 heterocycles. The quantitative estimate of drug-likeness (QED) is 0.172. The maximum Gasteiger partial charge on any atom is 1.00 e. The van der Waals surface area contributed by atoms with Crippen LogP contribution in [0.15, 0.2) is 82.0 Å². The number of aromatic nitrogens is 1. The number of fused-ring (bicyclic) bond motifs is 1. The second-order valence-corrected chi connectivity index (χ2v) is 8.81. The van der Waals surface area contributed by atoms with Gasteiger partial charge < -0.3 is 11.9 Å². The predicted molar refractivity (Wildman–Crippen MR) is 129 cm³/mol. The number of anilines is 1. The summed E-state index contributed by atoms with van der Waals surface area (Å²) < 4.78 is 52.7. The number of ether oxygens (including phenoxy) is 1. The van der Waals surface area contributed by atoms with Crippen LogP contribution in [-0.2, 0) is 10.1 Å². The molecule has 0 saturated heterocycles. The molecule has 0 unspecified atom stereocenters. The fourth-order valence-corrected chi connectivity index (χ4v) is 4.12. The Kier molecular flexibility index (Phi) is 8.57. The minimum atomic E-state index is -4.51.